The van der Waals surface area contributed by atoms with Gasteiger partial charge in [-0.05, 0) is 50.1 Å². The molecular weight excluding hydrogens is 300 g/mol. The Hall–Kier alpha value is -2.88. The lowest BCUT2D eigenvalue weighted by Gasteiger charge is -2.13. The number of carbonyl (C=O) groups is 1. The molecule has 4 heteroatoms. The smallest absolute Gasteiger partial charge is 0.244 e. The highest BCUT2D eigenvalue weighted by atomic mass is 16.2. The molecule has 0 atom stereocenters. The van der Waals surface area contributed by atoms with Crippen LogP contribution in [-0.2, 0) is 11.3 Å². The Balaban J connectivity index is 1.90. The second kappa shape index (κ2) is 6.32. The molecule has 24 heavy (non-hydrogen) atoms. The molecule has 0 unspecified atom stereocenters. The summed E-state index contributed by atoms with van der Waals surface area (Å²) in [5.41, 5.74) is 4.78. The van der Waals surface area contributed by atoms with E-state index in [1.54, 1.807) is 10.8 Å². The van der Waals surface area contributed by atoms with Crippen LogP contribution >= 0.6 is 0 Å². The first-order chi connectivity index (χ1) is 11.5. The van der Waals surface area contributed by atoms with Gasteiger partial charge in [0.2, 0.25) is 5.91 Å². The summed E-state index contributed by atoms with van der Waals surface area (Å²) in [4.78, 5) is 24.5. The monoisotopic (exact) mass is 320 g/mol. The Morgan fingerprint density at radius 1 is 1.08 bits per heavy atom. The number of nitrogens with zero attached hydrogens (tertiary/aromatic N) is 1. The van der Waals surface area contributed by atoms with E-state index in [1.165, 1.54) is 6.07 Å². The van der Waals surface area contributed by atoms with E-state index in [9.17, 15) is 9.59 Å². The van der Waals surface area contributed by atoms with Gasteiger partial charge in [-0.2, -0.15) is 0 Å². The summed E-state index contributed by atoms with van der Waals surface area (Å²) in [6, 6.07) is 13.0. The third kappa shape index (κ3) is 3.08. The van der Waals surface area contributed by atoms with Crippen LogP contribution in [0, 0.1) is 20.8 Å². The van der Waals surface area contributed by atoms with E-state index >= 15 is 0 Å². The summed E-state index contributed by atoms with van der Waals surface area (Å²) >= 11 is 0. The maximum atomic E-state index is 12.4. The number of hydrogen-bond donors (Lipinski definition) is 1. The highest BCUT2D eigenvalue weighted by molar-refractivity contribution is 5.92. The van der Waals surface area contributed by atoms with Crippen molar-refractivity contribution >= 4 is 22.5 Å². The zero-order valence-electron chi connectivity index (χ0n) is 14.1. The number of pyridine rings is 1. The normalized spacial score (nSPS) is 10.8. The van der Waals surface area contributed by atoms with Crippen molar-refractivity contribution in [3.8, 4) is 0 Å². The number of nitrogens with one attached hydrogen (secondary N) is 1. The molecule has 0 aliphatic heterocycles. The molecule has 3 rings (SSSR count). The summed E-state index contributed by atoms with van der Waals surface area (Å²) in [5.74, 6) is -0.116. The van der Waals surface area contributed by atoms with Crippen LogP contribution in [0.25, 0.3) is 10.9 Å². The Morgan fingerprint density at radius 3 is 2.67 bits per heavy atom. The van der Waals surface area contributed by atoms with E-state index in [4.69, 9.17) is 0 Å². The molecule has 122 valence electrons. The average molecular weight is 320 g/mol. The van der Waals surface area contributed by atoms with Crippen LogP contribution in [0.2, 0.25) is 0 Å². The molecule has 4 nitrogen and oxygen atoms in total. The van der Waals surface area contributed by atoms with Gasteiger partial charge in [0.15, 0.2) is 5.43 Å². The van der Waals surface area contributed by atoms with Crippen molar-refractivity contribution in [2.75, 3.05) is 5.32 Å². The Kier molecular flexibility index (Phi) is 4.21. The standard InChI is InChI=1S/C20H20N2O2/c1-13-7-8-18-16(11-13)19(23)9-10-22(18)12-20(24)21-17-6-4-5-14(2)15(17)3/h4-11H,12H2,1-3H3,(H,21,24). The van der Waals surface area contributed by atoms with Crippen molar-refractivity contribution in [2.45, 2.75) is 27.3 Å². The lowest BCUT2D eigenvalue weighted by atomic mass is 10.1. The highest BCUT2D eigenvalue weighted by Crippen LogP contribution is 2.18. The number of anilines is 1. The van der Waals surface area contributed by atoms with E-state index in [0.717, 1.165) is 27.9 Å². The summed E-state index contributed by atoms with van der Waals surface area (Å²) in [5, 5.41) is 3.59. The van der Waals surface area contributed by atoms with E-state index in [2.05, 4.69) is 5.32 Å². The molecule has 0 aliphatic rings. The third-order valence-corrected chi connectivity index (χ3v) is 4.33. The minimum absolute atomic E-state index is 0.0279. The Morgan fingerprint density at radius 2 is 1.88 bits per heavy atom. The predicted molar refractivity (Wildman–Crippen MR) is 97.5 cm³/mol. The molecular formula is C20H20N2O2. The molecule has 1 amide bonds. The number of aromatic nitrogens is 1. The van der Waals surface area contributed by atoms with Crippen LogP contribution in [0.3, 0.4) is 0 Å². The topological polar surface area (TPSA) is 51.1 Å². The maximum Gasteiger partial charge on any atom is 0.244 e. The molecule has 0 radical (unpaired) electrons. The van der Waals surface area contributed by atoms with Crippen LogP contribution in [0.1, 0.15) is 16.7 Å². The van der Waals surface area contributed by atoms with Gasteiger partial charge in [-0.25, -0.2) is 0 Å². The van der Waals surface area contributed by atoms with Crippen molar-refractivity contribution < 1.29 is 4.79 Å². The van der Waals surface area contributed by atoms with Crippen LogP contribution in [0.15, 0.2) is 53.5 Å². The van der Waals surface area contributed by atoms with E-state index in [1.807, 2.05) is 57.2 Å². The minimum atomic E-state index is -0.116. The van der Waals surface area contributed by atoms with Crippen molar-refractivity contribution in [2.24, 2.45) is 0 Å². The number of fused-ring (bicyclic) bond motifs is 1. The lowest BCUT2D eigenvalue weighted by Crippen LogP contribution is -2.21. The molecule has 0 bridgehead atoms. The molecule has 1 heterocycles. The molecule has 0 saturated carbocycles. The Labute approximate surface area is 140 Å². The zero-order chi connectivity index (χ0) is 17.3. The molecule has 3 aromatic rings. The number of aryl methyl sites for hydroxylation is 2. The van der Waals surface area contributed by atoms with E-state index in [0.29, 0.717) is 5.39 Å². The van der Waals surface area contributed by atoms with Crippen LogP contribution in [0.5, 0.6) is 0 Å². The summed E-state index contributed by atoms with van der Waals surface area (Å²) in [6.07, 6.45) is 1.67. The summed E-state index contributed by atoms with van der Waals surface area (Å²) in [6.45, 7) is 6.11. The molecule has 0 spiro atoms. The number of amides is 1. The quantitative estimate of drug-likeness (QED) is 0.802. The minimum Gasteiger partial charge on any atom is -0.338 e. The fourth-order valence-corrected chi connectivity index (χ4v) is 2.79. The van der Waals surface area contributed by atoms with E-state index < -0.39 is 0 Å². The van der Waals surface area contributed by atoms with Gasteiger partial charge in [0, 0.05) is 23.3 Å². The Bertz CT molecular complexity index is 987. The lowest BCUT2D eigenvalue weighted by molar-refractivity contribution is -0.116. The van der Waals surface area contributed by atoms with Gasteiger partial charge in [0.25, 0.3) is 0 Å². The van der Waals surface area contributed by atoms with Crippen molar-refractivity contribution in [1.82, 2.24) is 4.57 Å². The van der Waals surface area contributed by atoms with Gasteiger partial charge in [0.1, 0.15) is 6.54 Å². The van der Waals surface area contributed by atoms with Crippen LogP contribution in [-0.4, -0.2) is 10.5 Å². The number of hydrogen-bond acceptors (Lipinski definition) is 2. The molecule has 0 saturated heterocycles. The fraction of sp³-hybridized carbons (Fsp3) is 0.200. The van der Waals surface area contributed by atoms with Crippen molar-refractivity contribution in [3.05, 3.63) is 75.6 Å². The largest absolute Gasteiger partial charge is 0.338 e. The maximum absolute atomic E-state index is 12.4. The van der Waals surface area contributed by atoms with Crippen molar-refractivity contribution in [1.29, 1.82) is 0 Å². The first-order valence-corrected chi connectivity index (χ1v) is 7.91. The van der Waals surface area contributed by atoms with Gasteiger partial charge in [0.05, 0.1) is 5.52 Å². The molecule has 1 N–H and O–H groups in total. The van der Waals surface area contributed by atoms with Gasteiger partial charge in [-0.15, -0.1) is 0 Å². The van der Waals surface area contributed by atoms with Gasteiger partial charge < -0.3 is 9.88 Å². The SMILES string of the molecule is Cc1ccc2c(c1)c(=O)ccn2CC(=O)Nc1cccc(C)c1C. The molecule has 1 aromatic heterocycles. The van der Waals surface area contributed by atoms with Gasteiger partial charge in [-0.1, -0.05) is 23.8 Å². The fourth-order valence-electron chi connectivity index (χ4n) is 2.79. The van der Waals surface area contributed by atoms with Crippen molar-refractivity contribution in [3.63, 3.8) is 0 Å². The first kappa shape index (κ1) is 16.0. The third-order valence-electron chi connectivity index (χ3n) is 4.33. The van der Waals surface area contributed by atoms with E-state index in [-0.39, 0.29) is 17.9 Å². The number of benzene rings is 2. The average Bonchev–Trinajstić information content (AvgIpc) is 2.55. The summed E-state index contributed by atoms with van der Waals surface area (Å²) in [7, 11) is 0. The molecule has 2 aromatic carbocycles. The highest BCUT2D eigenvalue weighted by Gasteiger charge is 2.09. The zero-order valence-corrected chi connectivity index (χ0v) is 14.1. The van der Waals surface area contributed by atoms with Crippen LogP contribution in [0.4, 0.5) is 5.69 Å². The summed E-state index contributed by atoms with van der Waals surface area (Å²) < 4.78 is 1.80. The first-order valence-electron chi connectivity index (χ1n) is 7.91. The van der Waals surface area contributed by atoms with Gasteiger partial charge >= 0.3 is 0 Å². The van der Waals surface area contributed by atoms with Gasteiger partial charge in [-0.3, -0.25) is 9.59 Å². The number of rotatable bonds is 3. The number of carbonyl (C=O) groups excluding carboxylic acids is 1. The second-order valence-corrected chi connectivity index (χ2v) is 6.12. The molecule has 0 fully saturated rings. The van der Waals surface area contributed by atoms with Crippen LogP contribution < -0.4 is 10.7 Å². The molecule has 0 aliphatic carbocycles. The second-order valence-electron chi connectivity index (χ2n) is 6.12. The predicted octanol–water partition coefficient (Wildman–Crippen LogP) is 3.57.